The molecule has 0 fully saturated rings. The number of hydrogen-bond donors (Lipinski definition) is 1. The maximum atomic E-state index is 5.48. The summed E-state index contributed by atoms with van der Waals surface area (Å²) in [5, 5.41) is 3.18. The van der Waals surface area contributed by atoms with Gasteiger partial charge in [-0.15, -0.1) is 0 Å². The van der Waals surface area contributed by atoms with Gasteiger partial charge in [0.25, 0.3) is 0 Å². The Bertz CT molecular complexity index is 946. The quantitative estimate of drug-likeness (QED) is 0.752. The van der Waals surface area contributed by atoms with Gasteiger partial charge >= 0.3 is 0 Å². The summed E-state index contributed by atoms with van der Waals surface area (Å²) in [5.41, 5.74) is 2.42. The highest BCUT2D eigenvalue weighted by molar-refractivity contribution is 5.70. The maximum Gasteiger partial charge on any atom is 0.231 e. The molecule has 7 heteroatoms. The van der Waals surface area contributed by atoms with Crippen LogP contribution in [0.15, 0.2) is 48.7 Å². The zero-order valence-corrected chi connectivity index (χ0v) is 14.4. The minimum absolute atomic E-state index is 0.182. The molecule has 26 heavy (non-hydrogen) atoms. The highest BCUT2D eigenvalue weighted by atomic mass is 16.7. The van der Waals surface area contributed by atoms with Crippen LogP contribution >= 0.6 is 0 Å². The van der Waals surface area contributed by atoms with Gasteiger partial charge in [-0.25, -0.2) is 9.97 Å². The molecule has 2 aromatic carbocycles. The van der Waals surface area contributed by atoms with Crippen molar-refractivity contribution in [2.45, 2.75) is 0 Å². The second kappa shape index (κ2) is 6.79. The van der Waals surface area contributed by atoms with Crippen molar-refractivity contribution in [3.8, 4) is 34.3 Å². The van der Waals surface area contributed by atoms with E-state index in [1.54, 1.807) is 20.4 Å². The molecule has 2 heterocycles. The number of nitrogens with zero attached hydrogens (tertiary/aromatic N) is 2. The molecule has 0 unspecified atom stereocenters. The van der Waals surface area contributed by atoms with E-state index in [-0.39, 0.29) is 6.79 Å². The number of aromatic nitrogens is 2. The first-order valence-corrected chi connectivity index (χ1v) is 7.99. The van der Waals surface area contributed by atoms with Crippen LogP contribution in [0.2, 0.25) is 0 Å². The van der Waals surface area contributed by atoms with Crippen molar-refractivity contribution in [1.82, 2.24) is 9.97 Å². The van der Waals surface area contributed by atoms with Gasteiger partial charge in [-0.1, -0.05) is 6.07 Å². The molecule has 0 bridgehead atoms. The van der Waals surface area contributed by atoms with Crippen molar-refractivity contribution < 1.29 is 18.9 Å². The monoisotopic (exact) mass is 351 g/mol. The van der Waals surface area contributed by atoms with Crippen LogP contribution in [0.5, 0.6) is 23.0 Å². The molecule has 1 N–H and O–H groups in total. The smallest absolute Gasteiger partial charge is 0.231 e. The van der Waals surface area contributed by atoms with Gasteiger partial charge in [0.05, 0.1) is 19.9 Å². The van der Waals surface area contributed by atoms with Crippen LogP contribution in [0, 0.1) is 0 Å². The third kappa shape index (κ3) is 3.06. The zero-order chi connectivity index (χ0) is 17.9. The Hall–Kier alpha value is -3.48. The standard InChI is InChI=1S/C19H17N3O4/c1-23-14-5-3-4-13(10-14)21-19-20-7-6-15(22-19)12-8-16(24-2)18-17(9-12)25-11-26-18/h3-10H,11H2,1-2H3,(H,20,21,22). The van der Waals surface area contributed by atoms with E-state index in [0.717, 1.165) is 22.7 Å². The van der Waals surface area contributed by atoms with Crippen LogP contribution in [0.3, 0.4) is 0 Å². The molecule has 132 valence electrons. The lowest BCUT2D eigenvalue weighted by atomic mass is 10.1. The van der Waals surface area contributed by atoms with Crippen LogP contribution in [-0.4, -0.2) is 31.0 Å². The molecule has 3 aromatic rings. The highest BCUT2D eigenvalue weighted by Crippen LogP contribution is 2.43. The van der Waals surface area contributed by atoms with Crippen LogP contribution in [0.25, 0.3) is 11.3 Å². The van der Waals surface area contributed by atoms with Gasteiger partial charge in [0.1, 0.15) is 5.75 Å². The van der Waals surface area contributed by atoms with Crippen LogP contribution in [-0.2, 0) is 0 Å². The normalized spacial score (nSPS) is 11.9. The van der Waals surface area contributed by atoms with E-state index in [1.807, 2.05) is 42.5 Å². The number of methoxy groups -OCH3 is 2. The summed E-state index contributed by atoms with van der Waals surface area (Å²) in [5.74, 6) is 3.09. The van der Waals surface area contributed by atoms with Gasteiger partial charge in [-0.2, -0.15) is 0 Å². The summed E-state index contributed by atoms with van der Waals surface area (Å²) < 4.78 is 21.5. The SMILES string of the molecule is COc1cccc(Nc2nccc(-c3cc(OC)c4c(c3)OCO4)n2)c1. The number of nitrogens with one attached hydrogen (secondary N) is 1. The Labute approximate surface area is 150 Å². The van der Waals surface area contributed by atoms with Crippen molar-refractivity contribution in [3.05, 3.63) is 48.7 Å². The van der Waals surface area contributed by atoms with Crippen LogP contribution in [0.4, 0.5) is 11.6 Å². The fourth-order valence-electron chi connectivity index (χ4n) is 2.69. The number of ether oxygens (including phenoxy) is 4. The maximum absolute atomic E-state index is 5.48. The highest BCUT2D eigenvalue weighted by Gasteiger charge is 2.21. The van der Waals surface area contributed by atoms with E-state index < -0.39 is 0 Å². The fraction of sp³-hybridized carbons (Fsp3) is 0.158. The molecule has 0 spiro atoms. The number of anilines is 2. The molecule has 0 aliphatic carbocycles. The lowest BCUT2D eigenvalue weighted by Crippen LogP contribution is -1.98. The lowest BCUT2D eigenvalue weighted by molar-refractivity contribution is 0.171. The Morgan fingerprint density at radius 2 is 1.96 bits per heavy atom. The first-order chi connectivity index (χ1) is 12.8. The van der Waals surface area contributed by atoms with Gasteiger partial charge < -0.3 is 24.3 Å². The third-order valence-electron chi connectivity index (χ3n) is 3.94. The van der Waals surface area contributed by atoms with Crippen molar-refractivity contribution >= 4 is 11.6 Å². The Kier molecular flexibility index (Phi) is 4.18. The molecule has 0 amide bonds. The molecular formula is C19H17N3O4. The second-order valence-electron chi connectivity index (χ2n) is 5.53. The Morgan fingerprint density at radius 3 is 2.81 bits per heavy atom. The third-order valence-corrected chi connectivity index (χ3v) is 3.94. The zero-order valence-electron chi connectivity index (χ0n) is 14.4. The molecule has 0 radical (unpaired) electrons. The van der Waals surface area contributed by atoms with Crippen molar-refractivity contribution in [1.29, 1.82) is 0 Å². The molecule has 0 saturated carbocycles. The minimum Gasteiger partial charge on any atom is -0.497 e. The van der Waals surface area contributed by atoms with Gasteiger partial charge in [-0.05, 0) is 30.3 Å². The summed E-state index contributed by atoms with van der Waals surface area (Å²) in [6.07, 6.45) is 1.70. The molecule has 1 aliphatic heterocycles. The van der Waals surface area contributed by atoms with Gasteiger partial charge in [0, 0.05) is 23.5 Å². The van der Waals surface area contributed by atoms with E-state index in [1.165, 1.54) is 0 Å². The summed E-state index contributed by atoms with van der Waals surface area (Å²) in [7, 11) is 3.22. The minimum atomic E-state index is 0.182. The molecule has 0 atom stereocenters. The predicted octanol–water partition coefficient (Wildman–Crippen LogP) is 3.63. The van der Waals surface area contributed by atoms with Gasteiger partial charge in [-0.3, -0.25) is 0 Å². The second-order valence-corrected chi connectivity index (χ2v) is 5.53. The number of hydrogen-bond acceptors (Lipinski definition) is 7. The first kappa shape index (κ1) is 16.0. The topological polar surface area (TPSA) is 74.7 Å². The number of rotatable bonds is 5. The molecule has 1 aliphatic rings. The van der Waals surface area contributed by atoms with E-state index >= 15 is 0 Å². The van der Waals surface area contributed by atoms with Crippen LogP contribution < -0.4 is 24.3 Å². The number of fused-ring (bicyclic) bond motifs is 1. The summed E-state index contributed by atoms with van der Waals surface area (Å²) >= 11 is 0. The van der Waals surface area contributed by atoms with Crippen LogP contribution in [0.1, 0.15) is 0 Å². The first-order valence-electron chi connectivity index (χ1n) is 7.99. The molecular weight excluding hydrogens is 334 g/mol. The predicted molar refractivity (Wildman–Crippen MR) is 96.4 cm³/mol. The average Bonchev–Trinajstić information content (AvgIpc) is 3.16. The fourth-order valence-corrected chi connectivity index (χ4v) is 2.69. The van der Waals surface area contributed by atoms with Crippen molar-refractivity contribution in [3.63, 3.8) is 0 Å². The molecule has 0 saturated heterocycles. The molecule has 7 nitrogen and oxygen atoms in total. The van der Waals surface area contributed by atoms with Gasteiger partial charge in [0.15, 0.2) is 11.5 Å². The van der Waals surface area contributed by atoms with E-state index in [9.17, 15) is 0 Å². The average molecular weight is 351 g/mol. The Morgan fingerprint density at radius 1 is 1.04 bits per heavy atom. The number of benzene rings is 2. The lowest BCUT2D eigenvalue weighted by Gasteiger charge is -2.10. The Balaban J connectivity index is 1.66. The molecule has 1 aromatic heterocycles. The van der Waals surface area contributed by atoms with Crippen molar-refractivity contribution in [2.24, 2.45) is 0 Å². The molecule has 4 rings (SSSR count). The van der Waals surface area contributed by atoms with E-state index in [4.69, 9.17) is 18.9 Å². The van der Waals surface area contributed by atoms with Gasteiger partial charge in [0.2, 0.25) is 18.5 Å². The largest absolute Gasteiger partial charge is 0.497 e. The summed E-state index contributed by atoms with van der Waals surface area (Å²) in [6, 6.07) is 13.1. The summed E-state index contributed by atoms with van der Waals surface area (Å²) in [4.78, 5) is 8.86. The van der Waals surface area contributed by atoms with Crippen molar-refractivity contribution in [2.75, 3.05) is 26.3 Å². The van der Waals surface area contributed by atoms with E-state index in [2.05, 4.69) is 15.3 Å². The van der Waals surface area contributed by atoms with E-state index in [0.29, 0.717) is 23.2 Å². The summed E-state index contributed by atoms with van der Waals surface area (Å²) in [6.45, 7) is 0.182.